The molecule has 0 unspecified atom stereocenters. The maximum atomic E-state index is 13.4. The summed E-state index contributed by atoms with van der Waals surface area (Å²) in [5, 5.41) is 2.87. The lowest BCUT2D eigenvalue weighted by Crippen LogP contribution is -2.34. The number of carbonyl (C=O) groups excluding carboxylic acids is 2. The highest BCUT2D eigenvalue weighted by Crippen LogP contribution is 2.42. The van der Waals surface area contributed by atoms with Crippen molar-refractivity contribution in [2.24, 2.45) is 5.92 Å². The molecule has 2 amide bonds. The second-order valence-electron chi connectivity index (χ2n) is 7.07. The Hall–Kier alpha value is -3.29. The summed E-state index contributed by atoms with van der Waals surface area (Å²) in [6.07, 6.45) is 0.0817. The number of rotatable bonds is 7. The van der Waals surface area contributed by atoms with Gasteiger partial charge in [0, 0.05) is 25.1 Å². The third-order valence-corrected chi connectivity index (χ3v) is 5.16. The minimum atomic E-state index is -0.521. The number of nitrogens with zero attached hydrogens (tertiary/aromatic N) is 1. The third kappa shape index (κ3) is 4.32. The topological polar surface area (TPSA) is 77.1 Å². The van der Waals surface area contributed by atoms with E-state index in [1.807, 2.05) is 0 Å². The fourth-order valence-electron chi connectivity index (χ4n) is 3.55. The fraction of sp³-hybridized carbons (Fsp3) is 0.364. The molecule has 2 aromatic carbocycles. The highest BCUT2D eigenvalue weighted by Gasteiger charge is 2.36. The van der Waals surface area contributed by atoms with E-state index < -0.39 is 5.92 Å². The second kappa shape index (κ2) is 9.02. The number of hydrogen-bond donors (Lipinski definition) is 1. The predicted octanol–water partition coefficient (Wildman–Crippen LogP) is 3.08. The number of halogens is 1. The molecule has 0 aromatic heterocycles. The van der Waals surface area contributed by atoms with Crippen LogP contribution >= 0.6 is 0 Å². The van der Waals surface area contributed by atoms with E-state index in [4.69, 9.17) is 14.2 Å². The van der Waals surface area contributed by atoms with Gasteiger partial charge < -0.3 is 24.4 Å². The van der Waals surface area contributed by atoms with Crippen molar-refractivity contribution in [1.82, 2.24) is 5.32 Å². The molecular formula is C22H25FN2O5. The quantitative estimate of drug-likeness (QED) is 0.751. The Kier molecular flexibility index (Phi) is 6.44. The number of methoxy groups -OCH3 is 3. The van der Waals surface area contributed by atoms with Crippen LogP contribution in [0.5, 0.6) is 17.2 Å². The van der Waals surface area contributed by atoms with E-state index in [1.165, 1.54) is 38.4 Å². The molecular weight excluding hydrogens is 391 g/mol. The molecule has 1 aliphatic rings. The molecule has 0 saturated carbocycles. The van der Waals surface area contributed by atoms with Crippen molar-refractivity contribution >= 4 is 17.5 Å². The van der Waals surface area contributed by atoms with Gasteiger partial charge in [-0.1, -0.05) is 12.1 Å². The van der Waals surface area contributed by atoms with Crippen LogP contribution in [0.15, 0.2) is 36.4 Å². The van der Waals surface area contributed by atoms with Crippen LogP contribution in [0, 0.1) is 11.7 Å². The van der Waals surface area contributed by atoms with Crippen molar-refractivity contribution in [3.8, 4) is 17.2 Å². The fourth-order valence-corrected chi connectivity index (χ4v) is 3.55. The SMILES string of the molecule is COc1cc(N2C[C@@H](C(=O)N[C@@H](C)c3cccc(F)c3)CC2=O)cc(OC)c1OC. The summed E-state index contributed by atoms with van der Waals surface area (Å²) in [6, 6.07) is 9.05. The summed E-state index contributed by atoms with van der Waals surface area (Å²) < 4.78 is 29.4. The van der Waals surface area contributed by atoms with Crippen molar-refractivity contribution in [3.05, 3.63) is 47.8 Å². The van der Waals surface area contributed by atoms with Crippen molar-refractivity contribution in [3.63, 3.8) is 0 Å². The van der Waals surface area contributed by atoms with Crippen LogP contribution in [-0.2, 0) is 9.59 Å². The molecule has 0 aliphatic carbocycles. The van der Waals surface area contributed by atoms with Gasteiger partial charge in [-0.15, -0.1) is 0 Å². The lowest BCUT2D eigenvalue weighted by atomic mass is 10.0. The van der Waals surface area contributed by atoms with Crippen LogP contribution in [0.4, 0.5) is 10.1 Å². The number of hydrogen-bond acceptors (Lipinski definition) is 5. The van der Waals surface area contributed by atoms with Gasteiger partial charge in [-0.3, -0.25) is 9.59 Å². The Balaban J connectivity index is 1.75. The molecule has 1 aliphatic heterocycles. The first-order chi connectivity index (χ1) is 14.4. The monoisotopic (exact) mass is 416 g/mol. The van der Waals surface area contributed by atoms with Gasteiger partial charge in [-0.25, -0.2) is 4.39 Å². The van der Waals surface area contributed by atoms with Crippen LogP contribution in [0.25, 0.3) is 0 Å². The van der Waals surface area contributed by atoms with E-state index >= 15 is 0 Å². The molecule has 1 saturated heterocycles. The standard InChI is InChI=1S/C22H25FN2O5/c1-13(14-6-5-7-16(23)8-14)24-22(27)15-9-20(26)25(12-15)17-10-18(28-2)21(30-4)19(11-17)29-3/h5-8,10-11,13,15H,9,12H2,1-4H3,(H,24,27)/t13-,15-/m0/s1. The van der Waals surface area contributed by atoms with Crippen LogP contribution in [0.2, 0.25) is 0 Å². The van der Waals surface area contributed by atoms with Crippen LogP contribution in [-0.4, -0.2) is 39.7 Å². The molecule has 2 aromatic rings. The molecule has 8 heteroatoms. The second-order valence-corrected chi connectivity index (χ2v) is 7.07. The summed E-state index contributed by atoms with van der Waals surface area (Å²) in [5.41, 5.74) is 1.22. The predicted molar refractivity (Wildman–Crippen MR) is 110 cm³/mol. The molecule has 1 N–H and O–H groups in total. The maximum Gasteiger partial charge on any atom is 0.227 e. The highest BCUT2D eigenvalue weighted by molar-refractivity contribution is 6.00. The van der Waals surface area contributed by atoms with Gasteiger partial charge in [-0.05, 0) is 24.6 Å². The van der Waals surface area contributed by atoms with E-state index in [2.05, 4.69) is 5.32 Å². The van der Waals surface area contributed by atoms with E-state index in [1.54, 1.807) is 31.2 Å². The van der Waals surface area contributed by atoms with Crippen molar-refractivity contribution < 1.29 is 28.2 Å². The zero-order chi connectivity index (χ0) is 21.8. The molecule has 0 spiro atoms. The Labute approximate surface area is 174 Å². The van der Waals surface area contributed by atoms with Gasteiger partial charge in [0.05, 0.1) is 39.0 Å². The van der Waals surface area contributed by atoms with Crippen molar-refractivity contribution in [2.45, 2.75) is 19.4 Å². The Morgan fingerprint density at radius 3 is 2.37 bits per heavy atom. The van der Waals surface area contributed by atoms with E-state index in [0.29, 0.717) is 28.5 Å². The van der Waals surface area contributed by atoms with Crippen LogP contribution in [0.3, 0.4) is 0 Å². The van der Waals surface area contributed by atoms with Crippen molar-refractivity contribution in [1.29, 1.82) is 0 Å². The number of carbonyl (C=O) groups is 2. The molecule has 160 valence electrons. The summed E-state index contributed by atoms with van der Waals surface area (Å²) in [5.74, 6) is -0.0446. The smallest absolute Gasteiger partial charge is 0.227 e. The summed E-state index contributed by atoms with van der Waals surface area (Å²) in [4.78, 5) is 26.9. The highest BCUT2D eigenvalue weighted by atomic mass is 19.1. The Bertz CT molecular complexity index is 924. The van der Waals surface area contributed by atoms with Crippen molar-refractivity contribution in [2.75, 3.05) is 32.8 Å². The zero-order valence-corrected chi connectivity index (χ0v) is 17.4. The minimum absolute atomic E-state index is 0.0817. The van der Waals surface area contributed by atoms with Gasteiger partial charge in [0.25, 0.3) is 0 Å². The molecule has 0 bridgehead atoms. The molecule has 1 fully saturated rings. The average molecular weight is 416 g/mol. The number of nitrogens with one attached hydrogen (secondary N) is 1. The summed E-state index contributed by atoms with van der Waals surface area (Å²) >= 11 is 0. The number of amides is 2. The maximum absolute atomic E-state index is 13.4. The van der Waals surface area contributed by atoms with E-state index in [-0.39, 0.29) is 36.6 Å². The summed E-state index contributed by atoms with van der Waals surface area (Å²) in [7, 11) is 4.50. The third-order valence-electron chi connectivity index (χ3n) is 5.16. The van der Waals surface area contributed by atoms with Gasteiger partial charge in [0.1, 0.15) is 5.82 Å². The average Bonchev–Trinajstić information content (AvgIpc) is 3.14. The van der Waals surface area contributed by atoms with E-state index in [9.17, 15) is 14.0 Å². The molecule has 3 rings (SSSR count). The number of benzene rings is 2. The summed E-state index contributed by atoms with van der Waals surface area (Å²) in [6.45, 7) is 2.00. The molecule has 2 atom stereocenters. The van der Waals surface area contributed by atoms with Gasteiger partial charge in [0.2, 0.25) is 17.6 Å². The molecule has 30 heavy (non-hydrogen) atoms. The van der Waals surface area contributed by atoms with Gasteiger partial charge in [0.15, 0.2) is 11.5 Å². The minimum Gasteiger partial charge on any atom is -0.493 e. The largest absolute Gasteiger partial charge is 0.493 e. The lowest BCUT2D eigenvalue weighted by molar-refractivity contribution is -0.126. The van der Waals surface area contributed by atoms with Gasteiger partial charge >= 0.3 is 0 Å². The Morgan fingerprint density at radius 1 is 1.13 bits per heavy atom. The number of anilines is 1. The van der Waals surface area contributed by atoms with Crippen LogP contribution < -0.4 is 24.4 Å². The van der Waals surface area contributed by atoms with E-state index in [0.717, 1.165) is 0 Å². The van der Waals surface area contributed by atoms with Crippen LogP contribution in [0.1, 0.15) is 24.9 Å². The van der Waals surface area contributed by atoms with Gasteiger partial charge in [-0.2, -0.15) is 0 Å². The molecule has 1 heterocycles. The number of ether oxygens (including phenoxy) is 3. The normalized spacial score (nSPS) is 16.9. The first-order valence-corrected chi connectivity index (χ1v) is 9.54. The lowest BCUT2D eigenvalue weighted by Gasteiger charge is -2.21. The zero-order valence-electron chi connectivity index (χ0n) is 17.4. The first kappa shape index (κ1) is 21.4. The molecule has 0 radical (unpaired) electrons. The first-order valence-electron chi connectivity index (χ1n) is 9.54. The molecule has 7 nitrogen and oxygen atoms in total. The Morgan fingerprint density at radius 2 is 1.80 bits per heavy atom.